The number of benzene rings is 1. The number of anilines is 1. The second-order valence-corrected chi connectivity index (χ2v) is 8.00. The highest BCUT2D eigenvalue weighted by atomic mass is 16.5. The van der Waals surface area contributed by atoms with Crippen molar-refractivity contribution >= 4 is 11.6 Å². The van der Waals surface area contributed by atoms with Crippen molar-refractivity contribution < 1.29 is 4.74 Å². The van der Waals surface area contributed by atoms with Crippen molar-refractivity contribution in [1.29, 1.82) is 0 Å². The average molecular weight is 390 g/mol. The zero-order chi connectivity index (χ0) is 20.4. The zero-order valence-electron chi connectivity index (χ0n) is 18.4. The molecule has 0 spiro atoms. The summed E-state index contributed by atoms with van der Waals surface area (Å²) in [4.78, 5) is 9.05. The van der Waals surface area contributed by atoms with E-state index in [0.29, 0.717) is 12.0 Å². The summed E-state index contributed by atoms with van der Waals surface area (Å²) in [5.41, 5.74) is 2.62. The minimum Gasteiger partial charge on any atom is -0.379 e. The van der Waals surface area contributed by atoms with Crippen molar-refractivity contribution in [3.05, 3.63) is 29.8 Å². The maximum atomic E-state index is 5.50. The van der Waals surface area contributed by atoms with Crippen LogP contribution in [0.2, 0.25) is 0 Å². The van der Waals surface area contributed by atoms with Crippen LogP contribution in [0.4, 0.5) is 5.69 Å². The Morgan fingerprint density at radius 3 is 2.39 bits per heavy atom. The van der Waals surface area contributed by atoms with Crippen molar-refractivity contribution in [2.24, 2.45) is 10.9 Å². The van der Waals surface area contributed by atoms with Gasteiger partial charge in [0.05, 0.1) is 13.2 Å². The lowest BCUT2D eigenvalue weighted by Crippen LogP contribution is -2.52. The van der Waals surface area contributed by atoms with Gasteiger partial charge in [0.15, 0.2) is 5.96 Å². The molecule has 1 aliphatic heterocycles. The summed E-state index contributed by atoms with van der Waals surface area (Å²) < 4.78 is 5.50. The molecule has 6 nitrogen and oxygen atoms in total. The molecule has 158 valence electrons. The van der Waals surface area contributed by atoms with E-state index in [2.05, 4.69) is 77.6 Å². The molecular formula is C22H39N5O. The first-order valence-corrected chi connectivity index (χ1v) is 10.5. The van der Waals surface area contributed by atoms with Crippen LogP contribution in [0.1, 0.15) is 25.8 Å². The third-order valence-electron chi connectivity index (χ3n) is 5.37. The van der Waals surface area contributed by atoms with Gasteiger partial charge in [0.25, 0.3) is 0 Å². The highest BCUT2D eigenvalue weighted by Crippen LogP contribution is 2.13. The molecule has 1 heterocycles. The van der Waals surface area contributed by atoms with Gasteiger partial charge >= 0.3 is 0 Å². The number of nitrogens with zero attached hydrogens (tertiary/aromatic N) is 3. The van der Waals surface area contributed by atoms with Crippen molar-refractivity contribution in [3.8, 4) is 0 Å². The summed E-state index contributed by atoms with van der Waals surface area (Å²) in [6, 6.07) is 9.30. The summed E-state index contributed by atoms with van der Waals surface area (Å²) in [6.07, 6.45) is 2.15. The van der Waals surface area contributed by atoms with E-state index in [1.807, 2.05) is 7.05 Å². The molecule has 1 aromatic rings. The maximum absolute atomic E-state index is 5.50. The first kappa shape index (κ1) is 22.5. The van der Waals surface area contributed by atoms with Gasteiger partial charge in [-0.3, -0.25) is 9.89 Å². The Bertz CT molecular complexity index is 579. The Kier molecular flexibility index (Phi) is 9.58. The molecule has 1 atom stereocenters. The van der Waals surface area contributed by atoms with Gasteiger partial charge in [-0.25, -0.2) is 0 Å². The number of aliphatic imine (C=N–C) groups is 1. The smallest absolute Gasteiger partial charge is 0.191 e. The molecule has 0 saturated carbocycles. The molecule has 1 unspecified atom stereocenters. The van der Waals surface area contributed by atoms with Gasteiger partial charge in [-0.05, 0) is 36.5 Å². The molecule has 0 aromatic heterocycles. The minimum absolute atomic E-state index is 0.498. The quantitative estimate of drug-likeness (QED) is 0.385. The van der Waals surface area contributed by atoms with Crippen LogP contribution in [0.15, 0.2) is 29.3 Å². The van der Waals surface area contributed by atoms with E-state index in [-0.39, 0.29) is 0 Å². The Hall–Kier alpha value is -1.79. The number of guanidine groups is 1. The molecule has 0 radical (unpaired) electrons. The fourth-order valence-electron chi connectivity index (χ4n) is 3.58. The molecule has 1 saturated heterocycles. The van der Waals surface area contributed by atoms with E-state index in [1.54, 1.807) is 0 Å². The van der Waals surface area contributed by atoms with Crippen LogP contribution in [-0.2, 0) is 11.2 Å². The molecule has 1 aromatic carbocycles. The van der Waals surface area contributed by atoms with Gasteiger partial charge in [0.1, 0.15) is 0 Å². The van der Waals surface area contributed by atoms with E-state index < -0.39 is 0 Å². The van der Waals surface area contributed by atoms with Crippen LogP contribution in [0.25, 0.3) is 0 Å². The van der Waals surface area contributed by atoms with Gasteiger partial charge in [-0.1, -0.05) is 26.0 Å². The molecule has 6 heteroatoms. The molecule has 0 bridgehead atoms. The average Bonchev–Trinajstić information content (AvgIpc) is 2.70. The molecule has 28 heavy (non-hydrogen) atoms. The summed E-state index contributed by atoms with van der Waals surface area (Å²) in [5, 5.41) is 6.97. The maximum Gasteiger partial charge on any atom is 0.191 e. The van der Waals surface area contributed by atoms with Crippen LogP contribution in [0, 0.1) is 5.92 Å². The summed E-state index contributed by atoms with van der Waals surface area (Å²) in [5.74, 6) is 1.48. The summed E-state index contributed by atoms with van der Waals surface area (Å²) in [7, 11) is 5.98. The predicted molar refractivity (Wildman–Crippen MR) is 119 cm³/mol. The minimum atomic E-state index is 0.498. The van der Waals surface area contributed by atoms with Gasteiger partial charge in [0, 0.05) is 59.1 Å². The van der Waals surface area contributed by atoms with Gasteiger partial charge < -0.3 is 20.3 Å². The molecule has 1 aliphatic rings. The van der Waals surface area contributed by atoms with Crippen LogP contribution >= 0.6 is 0 Å². The van der Waals surface area contributed by atoms with E-state index in [4.69, 9.17) is 4.74 Å². The van der Waals surface area contributed by atoms with Gasteiger partial charge in [-0.15, -0.1) is 0 Å². The molecular weight excluding hydrogens is 350 g/mol. The number of hydrogen-bond donors (Lipinski definition) is 2. The van der Waals surface area contributed by atoms with E-state index in [0.717, 1.165) is 58.2 Å². The number of aryl methyl sites for hydroxylation is 1. The third-order valence-corrected chi connectivity index (χ3v) is 5.37. The first-order chi connectivity index (χ1) is 13.5. The third kappa shape index (κ3) is 7.32. The normalized spacial score (nSPS) is 16.9. The summed E-state index contributed by atoms with van der Waals surface area (Å²) in [6.45, 7) is 10.1. The zero-order valence-corrected chi connectivity index (χ0v) is 18.4. The van der Waals surface area contributed by atoms with Gasteiger partial charge in [-0.2, -0.15) is 0 Å². The van der Waals surface area contributed by atoms with Gasteiger partial charge in [0.2, 0.25) is 0 Å². The van der Waals surface area contributed by atoms with Crippen molar-refractivity contribution in [2.75, 3.05) is 65.4 Å². The second kappa shape index (κ2) is 11.9. The van der Waals surface area contributed by atoms with Crippen LogP contribution in [0.3, 0.4) is 0 Å². The first-order valence-electron chi connectivity index (χ1n) is 10.5. The lowest BCUT2D eigenvalue weighted by atomic mass is 10.0. The van der Waals surface area contributed by atoms with E-state index >= 15 is 0 Å². The lowest BCUT2D eigenvalue weighted by Gasteiger charge is -2.37. The highest BCUT2D eigenvalue weighted by molar-refractivity contribution is 5.79. The fraction of sp³-hybridized carbons (Fsp3) is 0.682. The largest absolute Gasteiger partial charge is 0.379 e. The molecule has 0 amide bonds. The van der Waals surface area contributed by atoms with E-state index in [9.17, 15) is 0 Å². The summed E-state index contributed by atoms with van der Waals surface area (Å²) >= 11 is 0. The Labute approximate surface area is 171 Å². The fourth-order valence-corrected chi connectivity index (χ4v) is 3.58. The lowest BCUT2D eigenvalue weighted by molar-refractivity contribution is 0.00752. The van der Waals surface area contributed by atoms with Crippen molar-refractivity contribution in [1.82, 2.24) is 15.5 Å². The second-order valence-electron chi connectivity index (χ2n) is 8.00. The highest BCUT2D eigenvalue weighted by Gasteiger charge is 2.23. The van der Waals surface area contributed by atoms with Crippen LogP contribution in [0.5, 0.6) is 0 Å². The standard InChI is InChI=1S/C22H39N5O/c1-18(2)21(27-13-15-28-16-14-27)17-25-22(23-3)24-12-6-7-19-8-10-20(11-9-19)26(4)5/h8-11,18,21H,6-7,12-17H2,1-5H3,(H2,23,24,25). The molecule has 2 N–H and O–H groups in total. The monoisotopic (exact) mass is 389 g/mol. The Balaban J connectivity index is 1.71. The van der Waals surface area contributed by atoms with Crippen LogP contribution in [-0.4, -0.2) is 77.4 Å². The van der Waals surface area contributed by atoms with Crippen molar-refractivity contribution in [3.63, 3.8) is 0 Å². The predicted octanol–water partition coefficient (Wildman–Crippen LogP) is 2.21. The SMILES string of the molecule is CN=C(NCCCc1ccc(N(C)C)cc1)NCC(C(C)C)N1CCOCC1. The van der Waals surface area contributed by atoms with Crippen molar-refractivity contribution in [2.45, 2.75) is 32.7 Å². The number of hydrogen-bond acceptors (Lipinski definition) is 4. The molecule has 0 aliphatic carbocycles. The van der Waals surface area contributed by atoms with E-state index in [1.165, 1.54) is 11.3 Å². The Morgan fingerprint density at radius 2 is 1.82 bits per heavy atom. The topological polar surface area (TPSA) is 52.1 Å². The molecule has 2 rings (SSSR count). The Morgan fingerprint density at radius 1 is 1.14 bits per heavy atom. The number of ether oxygens (including phenoxy) is 1. The van der Waals surface area contributed by atoms with Crippen LogP contribution < -0.4 is 15.5 Å². The molecule has 1 fully saturated rings. The number of rotatable bonds is 9. The number of nitrogens with one attached hydrogen (secondary N) is 2. The number of morpholine rings is 1.